The van der Waals surface area contributed by atoms with Gasteiger partial charge in [0.05, 0.1) is 6.04 Å². The minimum atomic E-state index is -4.21. The first-order chi connectivity index (χ1) is 6.99. The third-order valence-electron chi connectivity index (χ3n) is 2.04. The molecule has 0 aromatic heterocycles. The maximum absolute atomic E-state index is 11.7. The largest absolute Gasteiger partial charge is 0.441 e. The lowest BCUT2D eigenvalue weighted by Crippen LogP contribution is -2.41. The van der Waals surface area contributed by atoms with Crippen LogP contribution >= 0.6 is 24.2 Å². The van der Waals surface area contributed by atoms with Gasteiger partial charge in [0.15, 0.2) is 0 Å². The highest BCUT2D eigenvalue weighted by Gasteiger charge is 2.28. The van der Waals surface area contributed by atoms with Gasteiger partial charge in [-0.2, -0.15) is 13.2 Å². The lowest BCUT2D eigenvalue weighted by atomic mass is 10.2. The van der Waals surface area contributed by atoms with Gasteiger partial charge in [-0.1, -0.05) is 0 Å². The van der Waals surface area contributed by atoms with Gasteiger partial charge in [0.1, 0.15) is 0 Å². The highest BCUT2D eigenvalue weighted by Crippen LogP contribution is 2.29. The predicted octanol–water partition coefficient (Wildman–Crippen LogP) is 1.53. The van der Waals surface area contributed by atoms with Crippen molar-refractivity contribution in [1.82, 2.24) is 10.6 Å². The van der Waals surface area contributed by atoms with E-state index in [9.17, 15) is 18.0 Å². The van der Waals surface area contributed by atoms with Crippen LogP contribution in [0.15, 0.2) is 0 Å². The first-order valence-electron chi connectivity index (χ1n) is 4.71. The van der Waals surface area contributed by atoms with E-state index in [1.807, 2.05) is 0 Å². The van der Waals surface area contributed by atoms with Crippen LogP contribution in [0.5, 0.6) is 0 Å². The van der Waals surface area contributed by atoms with Gasteiger partial charge in [-0.3, -0.25) is 4.79 Å². The van der Waals surface area contributed by atoms with Crippen LogP contribution in [0.1, 0.15) is 12.8 Å². The number of hydrogen-bond acceptors (Lipinski definition) is 3. The van der Waals surface area contributed by atoms with E-state index >= 15 is 0 Å². The number of rotatable bonds is 4. The molecule has 16 heavy (non-hydrogen) atoms. The van der Waals surface area contributed by atoms with E-state index in [1.54, 1.807) is 0 Å². The zero-order chi connectivity index (χ0) is 11.3. The first-order valence-corrected chi connectivity index (χ1v) is 5.69. The fraction of sp³-hybridized carbons (Fsp3) is 0.875. The third kappa shape index (κ3) is 6.44. The molecule has 8 heteroatoms. The lowest BCUT2D eigenvalue weighted by molar-refractivity contribution is -0.122. The number of thioether (sulfide) groups is 1. The molecule has 1 saturated heterocycles. The van der Waals surface area contributed by atoms with Crippen molar-refractivity contribution in [3.63, 3.8) is 0 Å². The van der Waals surface area contributed by atoms with Crippen LogP contribution < -0.4 is 10.6 Å². The number of nitrogens with one attached hydrogen (secondary N) is 2. The van der Waals surface area contributed by atoms with Crippen LogP contribution in [0.4, 0.5) is 13.2 Å². The van der Waals surface area contributed by atoms with Crippen molar-refractivity contribution in [2.45, 2.75) is 24.4 Å². The Morgan fingerprint density at radius 2 is 2.19 bits per heavy atom. The Labute approximate surface area is 102 Å². The van der Waals surface area contributed by atoms with E-state index < -0.39 is 5.51 Å². The Kier molecular flexibility index (Phi) is 7.17. The second kappa shape index (κ2) is 7.24. The summed E-state index contributed by atoms with van der Waals surface area (Å²) in [5.41, 5.74) is -4.21. The van der Waals surface area contributed by atoms with E-state index in [0.717, 1.165) is 19.4 Å². The first kappa shape index (κ1) is 15.9. The van der Waals surface area contributed by atoms with Gasteiger partial charge in [0, 0.05) is 12.3 Å². The molecule has 96 valence electrons. The van der Waals surface area contributed by atoms with Crippen molar-refractivity contribution in [3.05, 3.63) is 0 Å². The highest BCUT2D eigenvalue weighted by molar-refractivity contribution is 8.00. The average Bonchev–Trinajstić information content (AvgIpc) is 2.63. The quantitative estimate of drug-likeness (QED) is 0.767. The Hall–Kier alpha value is -0.140. The van der Waals surface area contributed by atoms with Gasteiger partial charge in [0.2, 0.25) is 5.91 Å². The lowest BCUT2D eigenvalue weighted by Gasteiger charge is -2.11. The summed E-state index contributed by atoms with van der Waals surface area (Å²) in [4.78, 5) is 11.3. The van der Waals surface area contributed by atoms with Crippen molar-refractivity contribution in [1.29, 1.82) is 0 Å². The molecular weight excluding hydrogens is 265 g/mol. The summed E-state index contributed by atoms with van der Waals surface area (Å²) in [6, 6.07) is -0.221. The van der Waals surface area contributed by atoms with Crippen LogP contribution in [-0.2, 0) is 4.79 Å². The molecule has 0 aromatic carbocycles. The molecule has 3 nitrogen and oxygen atoms in total. The molecule has 1 aliphatic rings. The molecule has 1 aliphatic heterocycles. The monoisotopic (exact) mass is 278 g/mol. The van der Waals surface area contributed by atoms with E-state index in [0.29, 0.717) is 0 Å². The summed E-state index contributed by atoms with van der Waals surface area (Å²) in [6.07, 6.45) is 1.70. The normalized spacial score (nSPS) is 20.3. The van der Waals surface area contributed by atoms with Crippen molar-refractivity contribution in [2.75, 3.05) is 18.8 Å². The molecule has 0 unspecified atom stereocenters. The van der Waals surface area contributed by atoms with E-state index in [1.165, 1.54) is 0 Å². The van der Waals surface area contributed by atoms with Gasteiger partial charge < -0.3 is 10.6 Å². The van der Waals surface area contributed by atoms with Crippen LogP contribution in [-0.4, -0.2) is 36.3 Å². The Morgan fingerprint density at radius 3 is 2.69 bits per heavy atom. The summed E-state index contributed by atoms with van der Waals surface area (Å²) >= 11 is -0.117. The summed E-state index contributed by atoms with van der Waals surface area (Å²) in [5, 5.41) is 5.45. The average molecular weight is 279 g/mol. The molecule has 1 atom stereocenters. The van der Waals surface area contributed by atoms with Crippen molar-refractivity contribution in [2.24, 2.45) is 0 Å². The molecule has 1 fully saturated rings. The van der Waals surface area contributed by atoms with Crippen molar-refractivity contribution in [3.8, 4) is 0 Å². The summed E-state index contributed by atoms with van der Waals surface area (Å²) in [5.74, 6) is -0.336. The van der Waals surface area contributed by atoms with Crippen LogP contribution in [0.2, 0.25) is 0 Å². The second-order valence-electron chi connectivity index (χ2n) is 3.23. The Bertz CT molecular complexity index is 222. The smallest absolute Gasteiger partial charge is 0.354 e. The predicted molar refractivity (Wildman–Crippen MR) is 59.8 cm³/mol. The third-order valence-corrected chi connectivity index (χ3v) is 2.78. The fourth-order valence-corrected chi connectivity index (χ4v) is 1.81. The van der Waals surface area contributed by atoms with Gasteiger partial charge in [-0.25, -0.2) is 0 Å². The number of carbonyl (C=O) groups is 1. The van der Waals surface area contributed by atoms with E-state index in [4.69, 9.17) is 0 Å². The van der Waals surface area contributed by atoms with E-state index in [-0.39, 0.29) is 48.4 Å². The topological polar surface area (TPSA) is 41.1 Å². The molecule has 2 N–H and O–H groups in total. The molecule has 0 saturated carbocycles. The zero-order valence-electron chi connectivity index (χ0n) is 8.47. The van der Waals surface area contributed by atoms with Crippen LogP contribution in [0.25, 0.3) is 0 Å². The number of alkyl halides is 3. The molecule has 0 aliphatic carbocycles. The molecule has 0 spiro atoms. The Balaban J connectivity index is 0.00000225. The summed E-state index contributed by atoms with van der Waals surface area (Å²) < 4.78 is 35.2. The van der Waals surface area contributed by atoms with Gasteiger partial charge in [0.25, 0.3) is 0 Å². The van der Waals surface area contributed by atoms with Gasteiger partial charge >= 0.3 is 5.51 Å². The summed E-state index contributed by atoms with van der Waals surface area (Å²) in [7, 11) is 0. The number of amides is 1. The fourth-order valence-electron chi connectivity index (χ4n) is 1.37. The maximum atomic E-state index is 11.7. The SMILES string of the molecule is Cl.O=C(NCCSC(F)(F)F)[C@@H]1CCCN1. The van der Waals surface area contributed by atoms with Crippen molar-refractivity contribution >= 4 is 30.1 Å². The minimum absolute atomic E-state index is 0. The molecule has 0 bridgehead atoms. The van der Waals surface area contributed by atoms with Crippen molar-refractivity contribution < 1.29 is 18.0 Å². The molecule has 0 radical (unpaired) electrons. The number of halogens is 4. The van der Waals surface area contributed by atoms with Gasteiger partial charge in [-0.05, 0) is 31.1 Å². The second-order valence-corrected chi connectivity index (χ2v) is 4.39. The zero-order valence-corrected chi connectivity index (χ0v) is 10.1. The molecular formula is C8H14ClF3N2OS. The van der Waals surface area contributed by atoms with Crippen LogP contribution in [0, 0.1) is 0 Å². The minimum Gasteiger partial charge on any atom is -0.354 e. The summed E-state index contributed by atoms with van der Waals surface area (Å²) in [6.45, 7) is 0.858. The standard InChI is InChI=1S/C8H13F3N2OS.ClH/c9-8(10,11)15-5-4-13-7(14)6-2-1-3-12-6;/h6,12H,1-5H2,(H,13,14);1H/t6-;/m0./s1. The van der Waals surface area contributed by atoms with E-state index in [2.05, 4.69) is 10.6 Å². The number of carbonyl (C=O) groups excluding carboxylic acids is 1. The molecule has 1 heterocycles. The highest BCUT2D eigenvalue weighted by atomic mass is 35.5. The molecule has 1 rings (SSSR count). The number of hydrogen-bond donors (Lipinski definition) is 2. The molecule has 1 amide bonds. The van der Waals surface area contributed by atoms with Gasteiger partial charge in [-0.15, -0.1) is 12.4 Å². The molecule has 0 aromatic rings. The van der Waals surface area contributed by atoms with Crippen LogP contribution in [0.3, 0.4) is 0 Å². The maximum Gasteiger partial charge on any atom is 0.441 e. The Morgan fingerprint density at radius 1 is 1.50 bits per heavy atom.